The van der Waals surface area contributed by atoms with Gasteiger partial charge in [-0.25, -0.2) is 24.9 Å². The van der Waals surface area contributed by atoms with Crippen LogP contribution in [-0.2, 0) is 0 Å². The van der Waals surface area contributed by atoms with Crippen LogP contribution in [0.25, 0.3) is 119 Å². The highest BCUT2D eigenvalue weighted by molar-refractivity contribution is 7.26. The molecule has 12 aromatic rings. The lowest BCUT2D eigenvalue weighted by Crippen LogP contribution is -2.00. The summed E-state index contributed by atoms with van der Waals surface area (Å²) in [4.78, 5) is 26.1. The van der Waals surface area contributed by atoms with Crippen LogP contribution in [0.4, 0.5) is 0 Å². The Hall–Kier alpha value is -7.13. The molecule has 266 valence electrons. The van der Waals surface area contributed by atoms with Crippen molar-refractivity contribution in [1.29, 1.82) is 0 Å². The second-order valence-electron chi connectivity index (χ2n) is 14.0. The van der Waals surface area contributed by atoms with Gasteiger partial charge in [0.2, 0.25) is 0 Å². The molecule has 5 aromatic heterocycles. The summed E-state index contributed by atoms with van der Waals surface area (Å²) in [5.41, 5.74) is 7.91. The van der Waals surface area contributed by atoms with Crippen LogP contribution in [0.1, 0.15) is 0 Å². The van der Waals surface area contributed by atoms with Gasteiger partial charge in [-0.1, -0.05) is 133 Å². The SMILES string of the molecule is c1ccc(-c2nc(-c3cccc4c3sc3ccccc34)nc(-c3cccc4oc5c(-c6nc(-c7ccccc7)c7sc8ccccc8c7n6)cccc5c34)n2)cc1. The Morgan fingerprint density at radius 3 is 1.74 bits per heavy atom. The molecule has 0 bridgehead atoms. The summed E-state index contributed by atoms with van der Waals surface area (Å²) in [6, 6.07) is 56.1. The minimum absolute atomic E-state index is 0.574. The Morgan fingerprint density at radius 2 is 0.930 bits per heavy atom. The number of nitrogens with zero attached hydrogens (tertiary/aromatic N) is 5. The van der Waals surface area contributed by atoms with E-state index in [4.69, 9.17) is 29.3 Å². The third-order valence-corrected chi connectivity index (χ3v) is 13.0. The molecule has 0 saturated carbocycles. The highest BCUT2D eigenvalue weighted by atomic mass is 32.1. The molecule has 0 radical (unpaired) electrons. The Kier molecular flexibility index (Phi) is 7.17. The van der Waals surface area contributed by atoms with E-state index in [1.165, 1.54) is 20.2 Å². The average molecular weight is 766 g/mol. The van der Waals surface area contributed by atoms with E-state index in [0.29, 0.717) is 28.9 Å². The molecule has 0 aliphatic rings. The number of benzene rings is 7. The lowest BCUT2D eigenvalue weighted by Gasteiger charge is -2.10. The first-order valence-electron chi connectivity index (χ1n) is 18.7. The monoisotopic (exact) mass is 765 g/mol. The first kappa shape index (κ1) is 32.1. The summed E-state index contributed by atoms with van der Waals surface area (Å²) >= 11 is 3.49. The van der Waals surface area contributed by atoms with Gasteiger partial charge in [0, 0.05) is 63.3 Å². The second-order valence-corrected chi connectivity index (χ2v) is 16.1. The molecular weight excluding hydrogens is 739 g/mol. The van der Waals surface area contributed by atoms with E-state index in [0.717, 1.165) is 70.2 Å². The van der Waals surface area contributed by atoms with Crippen molar-refractivity contribution in [3.8, 4) is 56.8 Å². The zero-order valence-electron chi connectivity index (χ0n) is 30.0. The number of rotatable bonds is 5. The molecule has 0 saturated heterocycles. The van der Waals surface area contributed by atoms with E-state index in [9.17, 15) is 0 Å². The first-order chi connectivity index (χ1) is 28.2. The molecule has 57 heavy (non-hydrogen) atoms. The largest absolute Gasteiger partial charge is 0.455 e. The van der Waals surface area contributed by atoms with Gasteiger partial charge in [0.1, 0.15) is 11.2 Å². The molecule has 0 aliphatic heterocycles. The van der Waals surface area contributed by atoms with Gasteiger partial charge in [0.25, 0.3) is 0 Å². The number of hydrogen-bond acceptors (Lipinski definition) is 8. The van der Waals surface area contributed by atoms with Gasteiger partial charge in [-0.2, -0.15) is 0 Å². The molecule has 12 rings (SSSR count). The van der Waals surface area contributed by atoms with E-state index < -0.39 is 0 Å². The zero-order chi connectivity index (χ0) is 37.5. The molecule has 0 atom stereocenters. The zero-order valence-corrected chi connectivity index (χ0v) is 31.7. The molecule has 0 N–H and O–H groups in total. The summed E-state index contributed by atoms with van der Waals surface area (Å²) in [6.07, 6.45) is 0. The molecule has 0 unspecified atom stereocenters. The van der Waals surface area contributed by atoms with Crippen LogP contribution in [-0.4, -0.2) is 24.9 Å². The van der Waals surface area contributed by atoms with Crippen LogP contribution in [0.15, 0.2) is 168 Å². The molecule has 0 aliphatic carbocycles. The van der Waals surface area contributed by atoms with E-state index in [1.54, 1.807) is 22.7 Å². The van der Waals surface area contributed by atoms with Gasteiger partial charge in [0.15, 0.2) is 23.3 Å². The maximum Gasteiger partial charge on any atom is 0.165 e. The van der Waals surface area contributed by atoms with E-state index >= 15 is 0 Å². The molecule has 0 spiro atoms. The van der Waals surface area contributed by atoms with Crippen molar-refractivity contribution in [1.82, 2.24) is 24.9 Å². The summed E-state index contributed by atoms with van der Waals surface area (Å²) in [6.45, 7) is 0. The Morgan fingerprint density at radius 1 is 0.368 bits per heavy atom. The maximum absolute atomic E-state index is 6.80. The minimum Gasteiger partial charge on any atom is -0.455 e. The van der Waals surface area contributed by atoms with E-state index in [2.05, 4.69) is 115 Å². The Bertz CT molecular complexity index is 3540. The van der Waals surface area contributed by atoms with Crippen LogP contribution in [0, 0.1) is 0 Å². The third kappa shape index (κ3) is 5.12. The minimum atomic E-state index is 0.574. The smallest absolute Gasteiger partial charge is 0.165 e. The van der Waals surface area contributed by atoms with Gasteiger partial charge in [-0.05, 0) is 30.3 Å². The van der Waals surface area contributed by atoms with Crippen molar-refractivity contribution in [2.24, 2.45) is 0 Å². The van der Waals surface area contributed by atoms with Crippen LogP contribution in [0.3, 0.4) is 0 Å². The summed E-state index contributed by atoms with van der Waals surface area (Å²) in [5, 5.41) is 5.40. The molecule has 0 fully saturated rings. The molecular formula is C49H27N5OS2. The van der Waals surface area contributed by atoms with Crippen LogP contribution in [0.5, 0.6) is 0 Å². The number of fused-ring (bicyclic) bond motifs is 9. The van der Waals surface area contributed by atoms with Crippen molar-refractivity contribution in [3.63, 3.8) is 0 Å². The lowest BCUT2D eigenvalue weighted by atomic mass is 10.0. The number of hydrogen-bond donors (Lipinski definition) is 0. The number of aromatic nitrogens is 5. The van der Waals surface area contributed by atoms with Gasteiger partial charge in [-0.15, -0.1) is 22.7 Å². The molecule has 6 nitrogen and oxygen atoms in total. The summed E-state index contributed by atoms with van der Waals surface area (Å²) < 4.78 is 11.4. The van der Waals surface area contributed by atoms with Crippen molar-refractivity contribution >= 4 is 85.1 Å². The number of thiophene rings is 2. The fraction of sp³-hybridized carbons (Fsp3) is 0. The summed E-state index contributed by atoms with van der Waals surface area (Å²) in [5.74, 6) is 2.42. The normalized spacial score (nSPS) is 11.9. The highest BCUT2D eigenvalue weighted by Gasteiger charge is 2.23. The van der Waals surface area contributed by atoms with Crippen molar-refractivity contribution in [2.75, 3.05) is 0 Å². The van der Waals surface area contributed by atoms with Crippen LogP contribution in [0.2, 0.25) is 0 Å². The van der Waals surface area contributed by atoms with Crippen LogP contribution >= 0.6 is 22.7 Å². The predicted octanol–water partition coefficient (Wildman–Crippen LogP) is 13.6. The topological polar surface area (TPSA) is 77.6 Å². The third-order valence-electron chi connectivity index (χ3n) is 10.6. The average Bonchev–Trinajstić information content (AvgIpc) is 3.98. The molecule has 7 aromatic carbocycles. The Balaban J connectivity index is 1.09. The van der Waals surface area contributed by atoms with Gasteiger partial charge in [-0.3, -0.25) is 0 Å². The second kappa shape index (κ2) is 12.7. The Labute approximate surface area is 333 Å². The fourth-order valence-electron chi connectivity index (χ4n) is 7.97. The quantitative estimate of drug-likeness (QED) is 0.174. The van der Waals surface area contributed by atoms with Crippen molar-refractivity contribution in [3.05, 3.63) is 164 Å². The maximum atomic E-state index is 6.80. The predicted molar refractivity (Wildman–Crippen MR) is 236 cm³/mol. The van der Waals surface area contributed by atoms with Crippen molar-refractivity contribution < 1.29 is 4.42 Å². The van der Waals surface area contributed by atoms with E-state index in [1.807, 2.05) is 48.5 Å². The van der Waals surface area contributed by atoms with Gasteiger partial charge >= 0.3 is 0 Å². The van der Waals surface area contributed by atoms with Gasteiger partial charge in [0.05, 0.1) is 21.5 Å². The number of furan rings is 1. The highest BCUT2D eigenvalue weighted by Crippen LogP contribution is 2.44. The lowest BCUT2D eigenvalue weighted by molar-refractivity contribution is 0.669. The molecule has 8 heteroatoms. The van der Waals surface area contributed by atoms with E-state index in [-0.39, 0.29) is 0 Å². The standard InChI is InChI=1S/C49H27N5OS2/c1-3-14-28(15-4-1)41-45-42(32-19-8-10-27-39(32)57-45)51-48(50-41)35-23-12-21-33-40-34(22-13-25-37(40)55-43(33)35)47-52-46(29-16-5-2-6-17-29)53-49(54-47)36-24-11-20-31-30-18-7-9-26-38(30)56-44(31)36/h1-27H. The molecule has 5 heterocycles. The summed E-state index contributed by atoms with van der Waals surface area (Å²) in [7, 11) is 0. The fourth-order valence-corrected chi connectivity index (χ4v) is 10.3. The van der Waals surface area contributed by atoms with Gasteiger partial charge < -0.3 is 4.42 Å². The molecule has 0 amide bonds. The van der Waals surface area contributed by atoms with Crippen molar-refractivity contribution in [2.45, 2.75) is 0 Å². The van der Waals surface area contributed by atoms with Crippen LogP contribution < -0.4 is 0 Å². The number of para-hydroxylation sites is 1. The first-order valence-corrected chi connectivity index (χ1v) is 20.3.